The Bertz CT molecular complexity index is 188. The number of hydrogen-bond donors (Lipinski definition) is 0. The van der Waals surface area contributed by atoms with Crippen molar-refractivity contribution < 1.29 is 9.53 Å². The molecule has 0 aromatic heterocycles. The monoisotopic (exact) mass is 256 g/mol. The van der Waals surface area contributed by atoms with Gasteiger partial charge in [-0.2, -0.15) is 0 Å². The van der Waals surface area contributed by atoms with Crippen molar-refractivity contribution >= 4 is 5.78 Å². The minimum Gasteiger partial charge on any atom is -0.381 e. The average molecular weight is 256 g/mol. The Balaban J connectivity index is 3.01. The summed E-state index contributed by atoms with van der Waals surface area (Å²) in [7, 11) is 0. The van der Waals surface area contributed by atoms with E-state index in [-0.39, 0.29) is 0 Å². The van der Waals surface area contributed by atoms with Crippen LogP contribution in [0.25, 0.3) is 0 Å². The van der Waals surface area contributed by atoms with E-state index in [2.05, 4.69) is 13.8 Å². The zero-order chi connectivity index (χ0) is 13.6. The van der Waals surface area contributed by atoms with Gasteiger partial charge in [-0.15, -0.1) is 0 Å². The van der Waals surface area contributed by atoms with Gasteiger partial charge in [0.15, 0.2) is 0 Å². The summed E-state index contributed by atoms with van der Waals surface area (Å²) in [4.78, 5) is 11.0. The van der Waals surface area contributed by atoms with Crippen molar-refractivity contribution in [2.75, 3.05) is 13.2 Å². The Hall–Kier alpha value is -0.370. The van der Waals surface area contributed by atoms with Crippen molar-refractivity contribution in [1.29, 1.82) is 0 Å². The molecule has 0 fully saturated rings. The summed E-state index contributed by atoms with van der Waals surface area (Å²) in [5, 5.41) is 0. The number of carbonyl (C=O) groups is 1. The highest BCUT2D eigenvalue weighted by Gasteiger charge is 1.98. The van der Waals surface area contributed by atoms with Crippen molar-refractivity contribution in [2.24, 2.45) is 5.92 Å². The molecule has 0 aromatic rings. The quantitative estimate of drug-likeness (QED) is 0.444. The Kier molecular flexibility index (Phi) is 12.8. The Morgan fingerprint density at radius 2 is 1.56 bits per heavy atom. The van der Waals surface area contributed by atoms with Crippen molar-refractivity contribution in [3.8, 4) is 0 Å². The topological polar surface area (TPSA) is 26.3 Å². The summed E-state index contributed by atoms with van der Waals surface area (Å²) in [6, 6.07) is 0. The Morgan fingerprint density at radius 1 is 0.944 bits per heavy atom. The van der Waals surface area contributed by atoms with Crippen LogP contribution in [-0.2, 0) is 9.53 Å². The van der Waals surface area contributed by atoms with Gasteiger partial charge in [0, 0.05) is 19.4 Å². The highest BCUT2D eigenvalue weighted by atomic mass is 16.5. The average Bonchev–Trinajstić information content (AvgIpc) is 2.35. The van der Waals surface area contributed by atoms with Gasteiger partial charge in [-0.05, 0) is 12.3 Å². The third kappa shape index (κ3) is 13.7. The van der Waals surface area contributed by atoms with E-state index in [1.54, 1.807) is 0 Å². The zero-order valence-electron chi connectivity index (χ0n) is 12.7. The number of ether oxygens (including phenoxy) is 1. The Morgan fingerprint density at radius 3 is 2.17 bits per heavy atom. The molecule has 0 aliphatic carbocycles. The number of rotatable bonds is 13. The highest BCUT2D eigenvalue weighted by Crippen LogP contribution is 2.11. The van der Waals surface area contributed by atoms with Crippen molar-refractivity contribution in [2.45, 2.75) is 78.6 Å². The molecule has 108 valence electrons. The SMILES string of the molecule is CCC(=O)CCOCCCCCCCCC(C)C. The maximum atomic E-state index is 11.0. The molecular formula is C16H32O2. The molecule has 0 saturated heterocycles. The van der Waals surface area contributed by atoms with Crippen molar-refractivity contribution in [1.82, 2.24) is 0 Å². The highest BCUT2D eigenvalue weighted by molar-refractivity contribution is 5.78. The van der Waals surface area contributed by atoms with Crippen LogP contribution in [0.1, 0.15) is 78.6 Å². The predicted octanol–water partition coefficient (Wildman–Crippen LogP) is 4.76. The second-order valence-electron chi connectivity index (χ2n) is 5.56. The molecule has 0 spiro atoms. The lowest BCUT2D eigenvalue weighted by molar-refractivity contribution is -0.119. The van der Waals surface area contributed by atoms with Crippen LogP contribution in [0.4, 0.5) is 0 Å². The van der Waals surface area contributed by atoms with Gasteiger partial charge >= 0.3 is 0 Å². The third-order valence-corrected chi connectivity index (χ3v) is 3.24. The van der Waals surface area contributed by atoms with E-state index < -0.39 is 0 Å². The van der Waals surface area contributed by atoms with Crippen LogP contribution in [0.5, 0.6) is 0 Å². The molecule has 0 bridgehead atoms. The van der Waals surface area contributed by atoms with Crippen molar-refractivity contribution in [3.05, 3.63) is 0 Å². The van der Waals surface area contributed by atoms with E-state index in [9.17, 15) is 4.79 Å². The lowest BCUT2D eigenvalue weighted by Crippen LogP contribution is -2.03. The lowest BCUT2D eigenvalue weighted by Gasteiger charge is -2.05. The van der Waals surface area contributed by atoms with Crippen molar-refractivity contribution in [3.63, 3.8) is 0 Å². The first-order valence-corrected chi connectivity index (χ1v) is 7.76. The fraction of sp³-hybridized carbons (Fsp3) is 0.938. The minimum atomic E-state index is 0.306. The van der Waals surface area contributed by atoms with Gasteiger partial charge in [-0.3, -0.25) is 4.79 Å². The number of hydrogen-bond acceptors (Lipinski definition) is 2. The molecule has 0 N–H and O–H groups in total. The first-order valence-electron chi connectivity index (χ1n) is 7.76. The van der Waals surface area contributed by atoms with Crippen LogP contribution in [0.3, 0.4) is 0 Å². The molecular weight excluding hydrogens is 224 g/mol. The van der Waals surface area contributed by atoms with Gasteiger partial charge < -0.3 is 4.74 Å². The second kappa shape index (κ2) is 13.1. The summed E-state index contributed by atoms with van der Waals surface area (Å²) in [6.45, 7) is 7.92. The van der Waals surface area contributed by atoms with Crippen LogP contribution < -0.4 is 0 Å². The molecule has 0 saturated carbocycles. The molecule has 0 aliphatic heterocycles. The largest absolute Gasteiger partial charge is 0.381 e. The molecule has 0 rings (SSSR count). The van der Waals surface area contributed by atoms with E-state index in [4.69, 9.17) is 4.74 Å². The van der Waals surface area contributed by atoms with E-state index in [0.717, 1.165) is 18.9 Å². The van der Waals surface area contributed by atoms with Gasteiger partial charge in [0.25, 0.3) is 0 Å². The summed E-state index contributed by atoms with van der Waals surface area (Å²) < 4.78 is 5.44. The molecule has 0 aromatic carbocycles. The molecule has 0 unspecified atom stereocenters. The molecule has 0 amide bonds. The molecule has 0 atom stereocenters. The number of Topliss-reactive ketones (excluding diaryl/α,β-unsaturated/α-hetero) is 1. The van der Waals surface area contributed by atoms with Gasteiger partial charge in [-0.1, -0.05) is 59.3 Å². The van der Waals surface area contributed by atoms with Crippen LogP contribution >= 0.6 is 0 Å². The van der Waals surface area contributed by atoms with Crippen LogP contribution in [0, 0.1) is 5.92 Å². The molecule has 2 nitrogen and oxygen atoms in total. The summed E-state index contributed by atoms with van der Waals surface area (Å²) in [6.07, 6.45) is 10.5. The summed E-state index contributed by atoms with van der Waals surface area (Å²) in [5.74, 6) is 1.16. The third-order valence-electron chi connectivity index (χ3n) is 3.24. The number of carbonyl (C=O) groups excluding carboxylic acids is 1. The standard InChI is InChI=1S/C16H32O2/c1-4-16(17)12-14-18-13-10-8-6-5-7-9-11-15(2)3/h15H,4-14H2,1-3H3. The van der Waals surface area contributed by atoms with E-state index >= 15 is 0 Å². The first-order chi connectivity index (χ1) is 8.66. The van der Waals surface area contributed by atoms with Gasteiger partial charge in [0.2, 0.25) is 0 Å². The van der Waals surface area contributed by atoms with Crippen LogP contribution in [0.2, 0.25) is 0 Å². The second-order valence-corrected chi connectivity index (χ2v) is 5.56. The maximum absolute atomic E-state index is 11.0. The van der Waals surface area contributed by atoms with Gasteiger partial charge in [-0.25, -0.2) is 0 Å². The van der Waals surface area contributed by atoms with Gasteiger partial charge in [0.1, 0.15) is 5.78 Å². The lowest BCUT2D eigenvalue weighted by atomic mass is 10.0. The van der Waals surface area contributed by atoms with Crippen LogP contribution in [0.15, 0.2) is 0 Å². The minimum absolute atomic E-state index is 0.306. The van der Waals surface area contributed by atoms with Crippen LogP contribution in [-0.4, -0.2) is 19.0 Å². The predicted molar refractivity (Wildman–Crippen MR) is 77.9 cm³/mol. The molecule has 0 radical (unpaired) electrons. The maximum Gasteiger partial charge on any atom is 0.134 e. The first kappa shape index (κ1) is 17.6. The fourth-order valence-corrected chi connectivity index (χ4v) is 1.93. The molecule has 18 heavy (non-hydrogen) atoms. The molecule has 0 heterocycles. The zero-order valence-corrected chi connectivity index (χ0v) is 12.7. The van der Waals surface area contributed by atoms with E-state index in [1.165, 1.54) is 38.5 Å². The normalized spacial score (nSPS) is 11.1. The molecule has 0 aliphatic rings. The number of unbranched alkanes of at least 4 members (excludes halogenated alkanes) is 5. The molecule has 2 heteroatoms. The van der Waals surface area contributed by atoms with Gasteiger partial charge in [0.05, 0.1) is 6.61 Å². The smallest absolute Gasteiger partial charge is 0.134 e. The Labute approximate surface area is 113 Å². The number of ketones is 1. The summed E-state index contributed by atoms with van der Waals surface area (Å²) >= 11 is 0. The van der Waals surface area contributed by atoms with E-state index in [1.807, 2.05) is 6.92 Å². The van der Waals surface area contributed by atoms with E-state index in [0.29, 0.717) is 25.2 Å². The fourth-order valence-electron chi connectivity index (χ4n) is 1.93. The summed E-state index contributed by atoms with van der Waals surface area (Å²) in [5.41, 5.74) is 0.